The Labute approximate surface area is 137 Å². The Kier molecular flexibility index (Phi) is 4.96. The fraction of sp³-hybridized carbons (Fsp3) is 0.556. The van der Waals surface area contributed by atoms with E-state index >= 15 is 0 Å². The van der Waals surface area contributed by atoms with Crippen LogP contribution in [0.25, 0.3) is 0 Å². The van der Waals surface area contributed by atoms with E-state index in [-0.39, 0.29) is 6.04 Å². The molecule has 1 aliphatic rings. The predicted octanol–water partition coefficient (Wildman–Crippen LogP) is 3.40. The van der Waals surface area contributed by atoms with Crippen molar-refractivity contribution in [1.82, 2.24) is 15.0 Å². The van der Waals surface area contributed by atoms with Crippen LogP contribution in [0.3, 0.4) is 0 Å². The minimum atomic E-state index is 0.177. The highest BCUT2D eigenvalue weighted by molar-refractivity contribution is 5.33. The van der Waals surface area contributed by atoms with Crippen molar-refractivity contribution >= 4 is 0 Å². The monoisotopic (exact) mass is 315 g/mol. The van der Waals surface area contributed by atoms with Crippen LogP contribution in [-0.4, -0.2) is 35.2 Å². The van der Waals surface area contributed by atoms with E-state index in [0.717, 1.165) is 31.2 Å². The molecule has 2 atom stereocenters. The number of rotatable bonds is 5. The van der Waals surface area contributed by atoms with E-state index in [0.29, 0.717) is 11.7 Å². The summed E-state index contributed by atoms with van der Waals surface area (Å²) in [4.78, 5) is 6.84. The SMILES string of the molecule is COc1ccccc1CC1CCCN(C(C)c2nc(C)no2)C1. The molecule has 2 unspecified atom stereocenters. The van der Waals surface area contributed by atoms with E-state index < -0.39 is 0 Å². The van der Waals surface area contributed by atoms with Crippen molar-refractivity contribution in [3.63, 3.8) is 0 Å². The Bertz CT molecular complexity index is 641. The van der Waals surface area contributed by atoms with Gasteiger partial charge in [0, 0.05) is 6.54 Å². The van der Waals surface area contributed by atoms with Gasteiger partial charge < -0.3 is 9.26 Å². The summed E-state index contributed by atoms with van der Waals surface area (Å²) in [5, 5.41) is 3.91. The van der Waals surface area contributed by atoms with Crippen molar-refractivity contribution in [3.8, 4) is 5.75 Å². The first kappa shape index (κ1) is 16.0. The van der Waals surface area contributed by atoms with E-state index in [1.165, 1.54) is 18.4 Å². The fourth-order valence-corrected chi connectivity index (χ4v) is 3.44. The summed E-state index contributed by atoms with van der Waals surface area (Å²) in [6.45, 7) is 6.16. The van der Waals surface area contributed by atoms with Gasteiger partial charge in [-0.25, -0.2) is 0 Å². The largest absolute Gasteiger partial charge is 0.496 e. The molecule has 1 aromatic heterocycles. The van der Waals surface area contributed by atoms with Gasteiger partial charge in [0.1, 0.15) is 5.75 Å². The first-order chi connectivity index (χ1) is 11.2. The summed E-state index contributed by atoms with van der Waals surface area (Å²) in [6.07, 6.45) is 3.51. The van der Waals surface area contributed by atoms with Crippen molar-refractivity contribution in [2.45, 2.75) is 39.2 Å². The lowest BCUT2D eigenvalue weighted by molar-refractivity contribution is 0.111. The Morgan fingerprint density at radius 1 is 1.39 bits per heavy atom. The highest BCUT2D eigenvalue weighted by Crippen LogP contribution is 2.29. The molecule has 1 saturated heterocycles. The molecule has 0 N–H and O–H groups in total. The van der Waals surface area contributed by atoms with Gasteiger partial charge in [-0.15, -0.1) is 0 Å². The molecule has 2 aromatic rings. The summed E-state index contributed by atoms with van der Waals surface area (Å²) >= 11 is 0. The summed E-state index contributed by atoms with van der Waals surface area (Å²) in [5.41, 5.74) is 1.29. The highest BCUT2D eigenvalue weighted by Gasteiger charge is 2.27. The van der Waals surface area contributed by atoms with Crippen LogP contribution in [0.4, 0.5) is 0 Å². The fourth-order valence-electron chi connectivity index (χ4n) is 3.44. The second kappa shape index (κ2) is 7.13. The first-order valence-corrected chi connectivity index (χ1v) is 8.33. The Hall–Kier alpha value is -1.88. The molecule has 1 aromatic carbocycles. The van der Waals surface area contributed by atoms with E-state index in [9.17, 15) is 0 Å². The molecule has 0 radical (unpaired) electrons. The molecule has 0 amide bonds. The molecule has 23 heavy (non-hydrogen) atoms. The smallest absolute Gasteiger partial charge is 0.243 e. The van der Waals surface area contributed by atoms with Crippen molar-refractivity contribution in [1.29, 1.82) is 0 Å². The number of nitrogens with zero attached hydrogens (tertiary/aromatic N) is 3. The number of ether oxygens (including phenoxy) is 1. The Morgan fingerprint density at radius 2 is 2.22 bits per heavy atom. The third-order valence-electron chi connectivity index (χ3n) is 4.70. The first-order valence-electron chi connectivity index (χ1n) is 8.33. The number of piperidine rings is 1. The minimum absolute atomic E-state index is 0.177. The van der Waals surface area contributed by atoms with E-state index in [2.05, 4.69) is 34.1 Å². The normalized spacial score (nSPS) is 20.4. The number of hydrogen-bond donors (Lipinski definition) is 0. The lowest BCUT2D eigenvalue weighted by Crippen LogP contribution is -2.38. The molecule has 124 valence electrons. The molecule has 5 heteroatoms. The summed E-state index contributed by atoms with van der Waals surface area (Å²) in [5.74, 6) is 3.05. The van der Waals surface area contributed by atoms with Gasteiger partial charge in [-0.2, -0.15) is 4.98 Å². The number of para-hydroxylation sites is 1. The third-order valence-corrected chi connectivity index (χ3v) is 4.70. The second-order valence-electron chi connectivity index (χ2n) is 6.37. The number of methoxy groups -OCH3 is 1. The zero-order valence-electron chi connectivity index (χ0n) is 14.2. The van der Waals surface area contributed by atoms with Gasteiger partial charge >= 0.3 is 0 Å². The summed E-state index contributed by atoms with van der Waals surface area (Å²) < 4.78 is 10.8. The van der Waals surface area contributed by atoms with E-state index in [4.69, 9.17) is 9.26 Å². The highest BCUT2D eigenvalue weighted by atomic mass is 16.5. The molecule has 0 bridgehead atoms. The van der Waals surface area contributed by atoms with Crippen LogP contribution in [0.15, 0.2) is 28.8 Å². The zero-order valence-corrected chi connectivity index (χ0v) is 14.2. The number of likely N-dealkylation sites (tertiary alicyclic amines) is 1. The van der Waals surface area contributed by atoms with Crippen LogP contribution < -0.4 is 4.74 Å². The van der Waals surface area contributed by atoms with Crippen molar-refractivity contribution < 1.29 is 9.26 Å². The number of aromatic nitrogens is 2. The molecule has 0 saturated carbocycles. The van der Waals surface area contributed by atoms with Crippen LogP contribution in [0.2, 0.25) is 0 Å². The topological polar surface area (TPSA) is 51.4 Å². The number of aryl methyl sites for hydroxylation is 1. The maximum Gasteiger partial charge on any atom is 0.243 e. The van der Waals surface area contributed by atoms with E-state index in [1.54, 1.807) is 7.11 Å². The molecule has 3 rings (SSSR count). The van der Waals surface area contributed by atoms with Crippen LogP contribution in [0.1, 0.15) is 43.1 Å². The lowest BCUT2D eigenvalue weighted by Gasteiger charge is -2.35. The maximum atomic E-state index is 5.49. The quantitative estimate of drug-likeness (QED) is 0.846. The molecule has 5 nitrogen and oxygen atoms in total. The average Bonchev–Trinajstić information content (AvgIpc) is 3.01. The van der Waals surface area contributed by atoms with Crippen molar-refractivity contribution in [3.05, 3.63) is 41.5 Å². The zero-order chi connectivity index (χ0) is 16.2. The summed E-state index contributed by atoms with van der Waals surface area (Å²) in [6, 6.07) is 8.50. The minimum Gasteiger partial charge on any atom is -0.496 e. The van der Waals surface area contributed by atoms with Gasteiger partial charge in [0.05, 0.1) is 13.2 Å². The lowest BCUT2D eigenvalue weighted by atomic mass is 9.90. The van der Waals surface area contributed by atoms with Crippen molar-refractivity contribution in [2.75, 3.05) is 20.2 Å². The van der Waals surface area contributed by atoms with Crippen LogP contribution in [0, 0.1) is 12.8 Å². The Morgan fingerprint density at radius 3 is 2.96 bits per heavy atom. The van der Waals surface area contributed by atoms with Gasteiger partial charge in [0.2, 0.25) is 5.89 Å². The molecule has 1 fully saturated rings. The standard InChI is InChI=1S/C18H25N3O2/c1-13(18-19-14(2)20-23-18)21-10-6-7-15(12-21)11-16-8-4-5-9-17(16)22-3/h4-5,8-9,13,15H,6-7,10-12H2,1-3H3. The number of hydrogen-bond acceptors (Lipinski definition) is 5. The van der Waals surface area contributed by atoms with Crippen molar-refractivity contribution in [2.24, 2.45) is 5.92 Å². The van der Waals surface area contributed by atoms with Gasteiger partial charge in [-0.3, -0.25) is 4.90 Å². The van der Waals surface area contributed by atoms with Gasteiger partial charge in [0.25, 0.3) is 0 Å². The third kappa shape index (κ3) is 3.72. The van der Waals surface area contributed by atoms with Crippen LogP contribution in [-0.2, 0) is 6.42 Å². The predicted molar refractivity (Wildman–Crippen MR) is 88.4 cm³/mol. The second-order valence-corrected chi connectivity index (χ2v) is 6.37. The molecule has 2 heterocycles. The van der Waals surface area contributed by atoms with Gasteiger partial charge in [-0.05, 0) is 57.2 Å². The molecule has 0 aliphatic carbocycles. The van der Waals surface area contributed by atoms with E-state index in [1.807, 2.05) is 19.1 Å². The Balaban J connectivity index is 1.66. The van der Waals surface area contributed by atoms with Gasteiger partial charge in [0.15, 0.2) is 5.82 Å². The molecular formula is C18H25N3O2. The molecule has 0 spiro atoms. The summed E-state index contributed by atoms with van der Waals surface area (Å²) in [7, 11) is 1.74. The average molecular weight is 315 g/mol. The van der Waals surface area contributed by atoms with Crippen LogP contribution in [0.5, 0.6) is 5.75 Å². The maximum absolute atomic E-state index is 5.49. The molecule has 1 aliphatic heterocycles. The van der Waals surface area contributed by atoms with Crippen LogP contribution >= 0.6 is 0 Å². The molecular weight excluding hydrogens is 290 g/mol. The van der Waals surface area contributed by atoms with Gasteiger partial charge in [-0.1, -0.05) is 23.4 Å². The number of benzene rings is 1.